The van der Waals surface area contributed by atoms with Gasteiger partial charge in [-0.2, -0.15) is 0 Å². The fraction of sp³-hybridized carbons (Fsp3) is 0.263. The zero-order valence-electron chi connectivity index (χ0n) is 11.9. The maximum Gasteiger partial charge on any atom is 0.123 e. The van der Waals surface area contributed by atoms with Crippen LogP contribution in [0.25, 0.3) is 10.9 Å². The monoisotopic (exact) mass is 279 g/mol. The number of rotatable bonds is 2. The molecule has 0 bridgehead atoms. The molecule has 4 rings (SSSR count). The Balaban J connectivity index is 1.70. The van der Waals surface area contributed by atoms with E-state index in [1.165, 1.54) is 30.4 Å². The van der Waals surface area contributed by atoms with Crippen molar-refractivity contribution in [3.63, 3.8) is 0 Å². The third kappa shape index (κ3) is 2.25. The number of hydrogen-bond donors (Lipinski definition) is 0. The Kier molecular flexibility index (Phi) is 3.03. The molecule has 0 spiro atoms. The van der Waals surface area contributed by atoms with E-state index in [1.807, 2.05) is 12.1 Å². The molecular weight excluding hydrogens is 261 g/mol. The fourth-order valence-electron chi connectivity index (χ4n) is 3.61. The molecule has 2 heteroatoms. The van der Waals surface area contributed by atoms with Gasteiger partial charge in [-0.25, -0.2) is 4.39 Å². The summed E-state index contributed by atoms with van der Waals surface area (Å²) in [5, 5.41) is 0.985. The first-order valence-electron chi connectivity index (χ1n) is 7.63. The number of halogens is 1. The van der Waals surface area contributed by atoms with Crippen LogP contribution in [0.3, 0.4) is 0 Å². The van der Waals surface area contributed by atoms with Gasteiger partial charge in [0, 0.05) is 29.6 Å². The molecule has 0 radical (unpaired) electrons. The van der Waals surface area contributed by atoms with E-state index >= 15 is 0 Å². The van der Waals surface area contributed by atoms with Crippen molar-refractivity contribution in [2.45, 2.75) is 31.7 Å². The molecule has 0 fully saturated rings. The number of aryl methyl sites for hydroxylation is 1. The van der Waals surface area contributed by atoms with Crippen molar-refractivity contribution in [3.8, 4) is 0 Å². The Morgan fingerprint density at radius 3 is 2.95 bits per heavy atom. The van der Waals surface area contributed by atoms with E-state index in [0.29, 0.717) is 5.92 Å². The number of nitrogens with zero attached hydrogens (tertiary/aromatic N) is 1. The van der Waals surface area contributed by atoms with Gasteiger partial charge in [0.2, 0.25) is 0 Å². The van der Waals surface area contributed by atoms with Crippen molar-refractivity contribution in [1.29, 1.82) is 0 Å². The van der Waals surface area contributed by atoms with Crippen LogP contribution in [0, 0.1) is 5.82 Å². The first kappa shape index (κ1) is 12.6. The summed E-state index contributed by atoms with van der Waals surface area (Å²) in [5.74, 6) is 0.402. The predicted octanol–water partition coefficient (Wildman–Crippen LogP) is 4.90. The summed E-state index contributed by atoms with van der Waals surface area (Å²) in [5.41, 5.74) is 4.11. The van der Waals surface area contributed by atoms with Crippen molar-refractivity contribution < 1.29 is 4.39 Å². The normalized spacial score (nSPS) is 17.9. The van der Waals surface area contributed by atoms with Crippen molar-refractivity contribution in [2.24, 2.45) is 0 Å². The molecule has 0 saturated heterocycles. The molecule has 3 aromatic rings. The molecule has 0 amide bonds. The Morgan fingerprint density at radius 1 is 1.10 bits per heavy atom. The van der Waals surface area contributed by atoms with Crippen LogP contribution in [0.4, 0.5) is 4.39 Å². The summed E-state index contributed by atoms with van der Waals surface area (Å²) in [6.45, 7) is 0.978. The zero-order chi connectivity index (χ0) is 14.2. The quantitative estimate of drug-likeness (QED) is 0.628. The van der Waals surface area contributed by atoms with Crippen LogP contribution >= 0.6 is 0 Å². The van der Waals surface area contributed by atoms with E-state index in [9.17, 15) is 4.39 Å². The van der Waals surface area contributed by atoms with Gasteiger partial charge in [-0.1, -0.05) is 24.3 Å². The smallest absolute Gasteiger partial charge is 0.123 e. The molecule has 21 heavy (non-hydrogen) atoms. The van der Waals surface area contributed by atoms with Crippen LogP contribution in [0.5, 0.6) is 0 Å². The summed E-state index contributed by atoms with van der Waals surface area (Å²) in [4.78, 5) is 0. The number of aromatic nitrogens is 1. The van der Waals surface area contributed by atoms with E-state index in [0.717, 1.165) is 17.4 Å². The van der Waals surface area contributed by atoms with Gasteiger partial charge in [-0.15, -0.1) is 0 Å². The Bertz CT molecular complexity index is 787. The van der Waals surface area contributed by atoms with Crippen LogP contribution in [0.15, 0.2) is 54.7 Å². The highest BCUT2D eigenvalue weighted by atomic mass is 19.1. The van der Waals surface area contributed by atoms with Crippen molar-refractivity contribution in [2.75, 3.05) is 0 Å². The third-order valence-corrected chi connectivity index (χ3v) is 4.64. The zero-order valence-corrected chi connectivity index (χ0v) is 11.9. The molecule has 1 nitrogen and oxygen atoms in total. The molecule has 1 aliphatic rings. The molecule has 106 valence electrons. The van der Waals surface area contributed by atoms with Crippen LogP contribution in [-0.4, -0.2) is 4.57 Å². The highest BCUT2D eigenvalue weighted by Gasteiger charge is 2.20. The van der Waals surface area contributed by atoms with Crippen LogP contribution in [-0.2, 0) is 13.0 Å². The lowest BCUT2D eigenvalue weighted by Crippen LogP contribution is -2.15. The highest BCUT2D eigenvalue weighted by molar-refractivity contribution is 5.80. The molecule has 1 atom stereocenters. The minimum atomic E-state index is -0.164. The lowest BCUT2D eigenvalue weighted by molar-refractivity contribution is 0.490. The summed E-state index contributed by atoms with van der Waals surface area (Å²) in [7, 11) is 0. The second-order valence-electron chi connectivity index (χ2n) is 5.96. The van der Waals surface area contributed by atoms with Crippen LogP contribution in [0.1, 0.15) is 29.9 Å². The fourth-order valence-corrected chi connectivity index (χ4v) is 3.61. The van der Waals surface area contributed by atoms with E-state index in [-0.39, 0.29) is 5.82 Å². The molecule has 1 aromatic heterocycles. The maximum atomic E-state index is 13.3. The van der Waals surface area contributed by atoms with Crippen LogP contribution < -0.4 is 0 Å². The van der Waals surface area contributed by atoms with E-state index in [1.54, 1.807) is 12.1 Å². The first-order valence-corrected chi connectivity index (χ1v) is 7.63. The van der Waals surface area contributed by atoms with E-state index in [2.05, 4.69) is 35.0 Å². The number of hydrogen-bond acceptors (Lipinski definition) is 0. The largest absolute Gasteiger partial charge is 0.347 e. The lowest BCUT2D eigenvalue weighted by Gasteiger charge is -2.26. The van der Waals surface area contributed by atoms with Gasteiger partial charge in [-0.05, 0) is 54.7 Å². The van der Waals surface area contributed by atoms with Gasteiger partial charge in [0.1, 0.15) is 5.82 Å². The summed E-state index contributed by atoms with van der Waals surface area (Å²) >= 11 is 0. The van der Waals surface area contributed by atoms with Gasteiger partial charge in [0.25, 0.3) is 0 Å². The predicted molar refractivity (Wildman–Crippen MR) is 84.0 cm³/mol. The Labute approximate surface area is 124 Å². The van der Waals surface area contributed by atoms with Gasteiger partial charge in [0.05, 0.1) is 0 Å². The maximum absolute atomic E-state index is 13.3. The van der Waals surface area contributed by atoms with E-state index in [4.69, 9.17) is 0 Å². The van der Waals surface area contributed by atoms with Crippen LogP contribution in [0.2, 0.25) is 0 Å². The second kappa shape index (κ2) is 5.03. The van der Waals surface area contributed by atoms with Gasteiger partial charge < -0.3 is 4.57 Å². The molecule has 0 saturated carbocycles. The molecule has 0 N–H and O–H groups in total. The molecule has 1 unspecified atom stereocenters. The summed E-state index contributed by atoms with van der Waals surface area (Å²) < 4.78 is 15.6. The van der Waals surface area contributed by atoms with Gasteiger partial charge >= 0.3 is 0 Å². The molecular formula is C19H18FN. The van der Waals surface area contributed by atoms with Crippen molar-refractivity contribution in [3.05, 3.63) is 71.7 Å². The van der Waals surface area contributed by atoms with Gasteiger partial charge in [0.15, 0.2) is 0 Å². The number of fused-ring (bicyclic) bond motifs is 2. The standard InChI is InChI=1S/C19H18FN/c20-17-8-9-19-15(12-17)10-11-21(19)13-16-6-3-5-14-4-1-2-7-18(14)16/h1-2,4,7-12,16H,3,5-6,13H2. The second-order valence-corrected chi connectivity index (χ2v) is 5.96. The third-order valence-electron chi connectivity index (χ3n) is 4.64. The van der Waals surface area contributed by atoms with Crippen molar-refractivity contribution in [1.82, 2.24) is 4.57 Å². The molecule has 2 aromatic carbocycles. The highest BCUT2D eigenvalue weighted by Crippen LogP contribution is 2.33. The minimum absolute atomic E-state index is 0.164. The summed E-state index contributed by atoms with van der Waals surface area (Å²) in [6, 6.07) is 15.9. The Morgan fingerprint density at radius 2 is 2.00 bits per heavy atom. The molecule has 1 heterocycles. The molecule has 0 aliphatic heterocycles. The molecule has 1 aliphatic carbocycles. The van der Waals surface area contributed by atoms with Gasteiger partial charge in [-0.3, -0.25) is 0 Å². The lowest BCUT2D eigenvalue weighted by atomic mass is 9.83. The Hall–Kier alpha value is -2.09. The summed E-state index contributed by atoms with van der Waals surface area (Å²) in [6.07, 6.45) is 5.78. The topological polar surface area (TPSA) is 4.93 Å². The van der Waals surface area contributed by atoms with E-state index < -0.39 is 0 Å². The first-order chi connectivity index (χ1) is 10.3. The minimum Gasteiger partial charge on any atom is -0.347 e. The average molecular weight is 279 g/mol. The average Bonchev–Trinajstić information content (AvgIpc) is 2.90. The van der Waals surface area contributed by atoms with Crippen molar-refractivity contribution >= 4 is 10.9 Å². The number of benzene rings is 2. The SMILES string of the molecule is Fc1ccc2c(ccn2CC2CCCc3ccccc32)c1.